The van der Waals surface area contributed by atoms with Gasteiger partial charge in [-0.15, -0.1) is 0 Å². The number of halogens is 6. The van der Waals surface area contributed by atoms with Crippen molar-refractivity contribution in [3.05, 3.63) is 71.3 Å². The first-order valence-corrected chi connectivity index (χ1v) is 12.3. The fourth-order valence-electron chi connectivity index (χ4n) is 4.88. The molecule has 8 heteroatoms. The molecule has 2 aromatic carbocycles. The van der Waals surface area contributed by atoms with Gasteiger partial charge >= 0.3 is 12.4 Å². The Morgan fingerprint density at radius 3 is 1.97 bits per heavy atom. The van der Waals surface area contributed by atoms with Crippen molar-refractivity contribution in [3.63, 3.8) is 0 Å². The number of alkyl halides is 6. The third-order valence-corrected chi connectivity index (χ3v) is 6.78. The number of hydrogen-bond donors (Lipinski definition) is 0. The maximum absolute atomic E-state index is 13.3. The zero-order valence-electron chi connectivity index (χ0n) is 20.7. The summed E-state index contributed by atoms with van der Waals surface area (Å²) in [5.74, 6) is -5.13. The van der Waals surface area contributed by atoms with Gasteiger partial charge in [0.15, 0.2) is 0 Å². The molecule has 1 fully saturated rings. The smallest absolute Gasteiger partial charge is 0.299 e. The van der Waals surface area contributed by atoms with Gasteiger partial charge in [0.05, 0.1) is 17.9 Å². The second-order valence-electron chi connectivity index (χ2n) is 9.23. The Morgan fingerprint density at radius 2 is 1.44 bits per heavy atom. The molecule has 3 unspecified atom stereocenters. The third-order valence-electron chi connectivity index (χ3n) is 6.78. The Hall–Kier alpha value is -2.53. The molecule has 0 heterocycles. The summed E-state index contributed by atoms with van der Waals surface area (Å²) in [6, 6.07) is 19.4. The predicted molar refractivity (Wildman–Crippen MR) is 129 cm³/mol. The molecule has 2 nitrogen and oxygen atoms in total. The van der Waals surface area contributed by atoms with E-state index >= 15 is 0 Å². The standard InChI is InChI=1S/C26H31F6N.C2H3N/c1-2-33(18-20-7-4-3-5-8-20)16-6-9-19-10-12-21(13-11-19)22-14-15-23(25(27,28)29)24(17-22)26(30,31)32;1-2-3/h3-5,7-8,10-13,22-24H,2,6,9,14-18H2,1H3;1H3. The van der Waals surface area contributed by atoms with E-state index in [4.69, 9.17) is 5.26 Å². The molecule has 1 aliphatic carbocycles. The predicted octanol–water partition coefficient (Wildman–Crippen LogP) is 8.30. The molecule has 0 aromatic heterocycles. The molecule has 0 saturated heterocycles. The van der Waals surface area contributed by atoms with Crippen molar-refractivity contribution in [1.82, 2.24) is 4.90 Å². The molecule has 198 valence electrons. The van der Waals surface area contributed by atoms with E-state index in [0.29, 0.717) is 5.56 Å². The van der Waals surface area contributed by atoms with Crippen LogP contribution in [0.3, 0.4) is 0 Å². The van der Waals surface area contributed by atoms with Crippen LogP contribution >= 0.6 is 0 Å². The van der Waals surface area contributed by atoms with Crippen LogP contribution in [0.1, 0.15) is 62.1 Å². The molecule has 0 bridgehead atoms. The van der Waals surface area contributed by atoms with E-state index < -0.39 is 42.9 Å². The summed E-state index contributed by atoms with van der Waals surface area (Å²) in [4.78, 5) is 2.36. The normalized spacial score (nSPS) is 20.4. The number of rotatable bonds is 8. The number of hydrogen-bond acceptors (Lipinski definition) is 2. The van der Waals surface area contributed by atoms with Crippen LogP contribution in [-0.2, 0) is 13.0 Å². The largest absolute Gasteiger partial charge is 0.392 e. The molecule has 0 radical (unpaired) electrons. The van der Waals surface area contributed by atoms with Crippen molar-refractivity contribution in [2.75, 3.05) is 13.1 Å². The molecular weight excluding hydrogens is 478 g/mol. The SMILES string of the molecule is CC#N.CCN(CCCc1ccc(C2CCC(C(F)(F)F)C(C(F)(F)F)C2)cc1)Cc1ccccc1. The molecule has 3 atom stereocenters. The summed E-state index contributed by atoms with van der Waals surface area (Å²) < 4.78 is 79.4. The highest BCUT2D eigenvalue weighted by molar-refractivity contribution is 5.26. The van der Waals surface area contributed by atoms with Crippen molar-refractivity contribution < 1.29 is 26.3 Å². The number of nitriles is 1. The first-order chi connectivity index (χ1) is 17.0. The van der Waals surface area contributed by atoms with Crippen molar-refractivity contribution in [2.24, 2.45) is 11.8 Å². The van der Waals surface area contributed by atoms with Crippen molar-refractivity contribution >= 4 is 0 Å². The first-order valence-electron chi connectivity index (χ1n) is 12.3. The van der Waals surface area contributed by atoms with Gasteiger partial charge in [0.25, 0.3) is 0 Å². The van der Waals surface area contributed by atoms with Gasteiger partial charge in [-0.25, -0.2) is 0 Å². The maximum Gasteiger partial charge on any atom is 0.392 e. The zero-order chi connectivity index (χ0) is 26.8. The van der Waals surface area contributed by atoms with Crippen LogP contribution < -0.4 is 0 Å². The Labute approximate surface area is 209 Å². The molecule has 2 aromatic rings. The van der Waals surface area contributed by atoms with E-state index in [2.05, 4.69) is 24.0 Å². The van der Waals surface area contributed by atoms with E-state index in [9.17, 15) is 26.3 Å². The van der Waals surface area contributed by atoms with Gasteiger partial charge in [0, 0.05) is 13.5 Å². The van der Waals surface area contributed by atoms with Gasteiger partial charge in [-0.1, -0.05) is 61.5 Å². The van der Waals surface area contributed by atoms with Crippen LogP contribution in [0.5, 0.6) is 0 Å². The lowest BCUT2D eigenvalue weighted by Crippen LogP contribution is -2.42. The van der Waals surface area contributed by atoms with E-state index in [1.165, 1.54) is 12.5 Å². The minimum absolute atomic E-state index is 0.126. The average molecular weight is 513 g/mol. The Morgan fingerprint density at radius 1 is 0.861 bits per heavy atom. The fraction of sp³-hybridized carbons (Fsp3) is 0.536. The van der Waals surface area contributed by atoms with Gasteiger partial charge in [0.2, 0.25) is 0 Å². The summed E-state index contributed by atoms with van der Waals surface area (Å²) in [6.07, 6.45) is -8.72. The summed E-state index contributed by atoms with van der Waals surface area (Å²) in [5.41, 5.74) is 3.06. The van der Waals surface area contributed by atoms with Gasteiger partial charge in [-0.2, -0.15) is 31.6 Å². The highest BCUT2D eigenvalue weighted by atomic mass is 19.4. The highest BCUT2D eigenvalue weighted by Crippen LogP contribution is 2.52. The summed E-state index contributed by atoms with van der Waals surface area (Å²) in [5, 5.41) is 7.32. The second-order valence-corrected chi connectivity index (χ2v) is 9.23. The van der Waals surface area contributed by atoms with E-state index in [1.807, 2.05) is 30.3 Å². The van der Waals surface area contributed by atoms with Crippen molar-refractivity contribution in [1.29, 1.82) is 5.26 Å². The average Bonchev–Trinajstić information content (AvgIpc) is 2.83. The van der Waals surface area contributed by atoms with Crippen molar-refractivity contribution in [3.8, 4) is 6.07 Å². The molecular formula is C28H34F6N2. The third kappa shape index (κ3) is 9.16. The van der Waals surface area contributed by atoms with Gasteiger partial charge in [0.1, 0.15) is 0 Å². The molecule has 0 spiro atoms. The molecule has 36 heavy (non-hydrogen) atoms. The maximum atomic E-state index is 13.3. The minimum Gasteiger partial charge on any atom is -0.299 e. The van der Waals surface area contributed by atoms with Crippen LogP contribution in [0.4, 0.5) is 26.3 Å². The summed E-state index contributed by atoms with van der Waals surface area (Å²) in [7, 11) is 0. The first kappa shape index (κ1) is 29.7. The number of benzene rings is 2. The molecule has 0 N–H and O–H groups in total. The fourth-order valence-corrected chi connectivity index (χ4v) is 4.88. The molecule has 0 amide bonds. The lowest BCUT2D eigenvalue weighted by Gasteiger charge is -2.38. The lowest BCUT2D eigenvalue weighted by molar-refractivity contribution is -0.263. The van der Waals surface area contributed by atoms with Crippen LogP contribution in [0.2, 0.25) is 0 Å². The van der Waals surface area contributed by atoms with Crippen LogP contribution in [0.25, 0.3) is 0 Å². The second kappa shape index (κ2) is 13.7. The Kier molecular flexibility index (Phi) is 11.3. The zero-order valence-corrected chi connectivity index (χ0v) is 20.7. The molecule has 1 aliphatic rings. The summed E-state index contributed by atoms with van der Waals surface area (Å²) >= 11 is 0. The number of nitrogens with zero attached hydrogens (tertiary/aromatic N) is 2. The Bertz CT molecular complexity index is 932. The summed E-state index contributed by atoms with van der Waals surface area (Å²) in [6.45, 7) is 6.31. The minimum atomic E-state index is -4.84. The van der Waals surface area contributed by atoms with Gasteiger partial charge < -0.3 is 0 Å². The molecule has 0 aliphatic heterocycles. The molecule has 1 saturated carbocycles. The Balaban J connectivity index is 0.00000145. The quantitative estimate of drug-likeness (QED) is 0.333. The van der Waals surface area contributed by atoms with Crippen LogP contribution in [0, 0.1) is 23.2 Å². The van der Waals surface area contributed by atoms with Gasteiger partial charge in [-0.05, 0) is 67.8 Å². The topological polar surface area (TPSA) is 27.0 Å². The van der Waals surface area contributed by atoms with Gasteiger partial charge in [-0.3, -0.25) is 4.90 Å². The van der Waals surface area contributed by atoms with E-state index in [0.717, 1.165) is 38.0 Å². The number of aryl methyl sites for hydroxylation is 1. The molecule has 3 rings (SSSR count). The van der Waals surface area contributed by atoms with Crippen molar-refractivity contribution in [2.45, 2.75) is 70.8 Å². The van der Waals surface area contributed by atoms with Crippen LogP contribution in [-0.4, -0.2) is 30.3 Å². The lowest BCUT2D eigenvalue weighted by atomic mass is 9.71. The van der Waals surface area contributed by atoms with Crippen LogP contribution in [0.15, 0.2) is 54.6 Å². The monoisotopic (exact) mass is 512 g/mol. The van der Waals surface area contributed by atoms with E-state index in [-0.39, 0.29) is 6.42 Å². The van der Waals surface area contributed by atoms with E-state index in [1.54, 1.807) is 18.2 Å². The highest BCUT2D eigenvalue weighted by Gasteiger charge is 2.56.